The minimum atomic E-state index is -3.28. The van der Waals surface area contributed by atoms with E-state index < -0.39 is 15.3 Å². The first-order valence-electron chi connectivity index (χ1n) is 6.69. The van der Waals surface area contributed by atoms with Gasteiger partial charge in [-0.25, -0.2) is 8.42 Å². The molecule has 2 rings (SSSR count). The van der Waals surface area contributed by atoms with E-state index in [2.05, 4.69) is 5.32 Å². The van der Waals surface area contributed by atoms with Gasteiger partial charge in [0.15, 0.2) is 9.84 Å². The van der Waals surface area contributed by atoms with Crippen LogP contribution in [-0.4, -0.2) is 27.1 Å². The van der Waals surface area contributed by atoms with Crippen LogP contribution in [-0.2, 0) is 14.6 Å². The van der Waals surface area contributed by atoms with E-state index in [0.29, 0.717) is 12.2 Å². The predicted octanol–water partition coefficient (Wildman–Crippen LogP) is 1.97. The van der Waals surface area contributed by atoms with Gasteiger partial charge in [-0.3, -0.25) is 4.79 Å². The van der Waals surface area contributed by atoms with Gasteiger partial charge >= 0.3 is 0 Å². The highest BCUT2D eigenvalue weighted by Crippen LogP contribution is 2.38. The maximum absolute atomic E-state index is 12.4. The Labute approximate surface area is 131 Å². The summed E-state index contributed by atoms with van der Waals surface area (Å²) in [6.45, 7) is 0.324. The highest BCUT2D eigenvalue weighted by Gasteiger charge is 2.39. The minimum absolute atomic E-state index is 0. The first-order valence-corrected chi connectivity index (χ1v) is 8.58. The van der Waals surface area contributed by atoms with Gasteiger partial charge in [0.05, 0.1) is 10.3 Å². The van der Waals surface area contributed by atoms with Crippen LogP contribution in [0.25, 0.3) is 0 Å². The number of nitrogens with one attached hydrogen (secondary N) is 1. The number of carbonyl (C=O) groups excluding carboxylic acids is 1. The molecule has 0 aliphatic heterocycles. The Morgan fingerprint density at radius 2 is 1.95 bits per heavy atom. The molecule has 0 spiro atoms. The van der Waals surface area contributed by atoms with E-state index in [-0.39, 0.29) is 23.2 Å². The lowest BCUT2D eigenvalue weighted by Gasteiger charge is -2.25. The van der Waals surface area contributed by atoms with Crippen LogP contribution in [0.1, 0.15) is 25.7 Å². The highest BCUT2D eigenvalue weighted by atomic mass is 35.5. The summed E-state index contributed by atoms with van der Waals surface area (Å²) in [6, 6.07) is 6.30. The van der Waals surface area contributed by atoms with Gasteiger partial charge in [-0.1, -0.05) is 18.9 Å². The van der Waals surface area contributed by atoms with Crippen molar-refractivity contribution < 1.29 is 13.2 Å². The summed E-state index contributed by atoms with van der Waals surface area (Å²) >= 11 is 0. The Morgan fingerprint density at radius 1 is 1.33 bits per heavy atom. The third-order valence-corrected chi connectivity index (χ3v) is 5.06. The molecule has 1 amide bonds. The van der Waals surface area contributed by atoms with Gasteiger partial charge in [0.2, 0.25) is 5.91 Å². The average Bonchev–Trinajstić information content (AvgIpc) is 2.88. The first-order chi connectivity index (χ1) is 9.37. The molecule has 3 N–H and O–H groups in total. The average molecular weight is 333 g/mol. The summed E-state index contributed by atoms with van der Waals surface area (Å²) in [7, 11) is -3.28. The van der Waals surface area contributed by atoms with E-state index >= 15 is 0 Å². The van der Waals surface area contributed by atoms with E-state index in [4.69, 9.17) is 5.73 Å². The monoisotopic (exact) mass is 332 g/mol. The van der Waals surface area contributed by atoms with Gasteiger partial charge in [-0.2, -0.15) is 0 Å². The Morgan fingerprint density at radius 3 is 2.48 bits per heavy atom. The Kier molecular flexibility index (Phi) is 5.78. The molecule has 0 unspecified atom stereocenters. The number of benzene rings is 1. The van der Waals surface area contributed by atoms with Crippen molar-refractivity contribution >= 4 is 33.8 Å². The van der Waals surface area contributed by atoms with Crippen molar-refractivity contribution in [3.8, 4) is 0 Å². The number of anilines is 1. The maximum atomic E-state index is 12.4. The molecule has 1 aliphatic carbocycles. The van der Waals surface area contributed by atoms with Crippen LogP contribution in [0.5, 0.6) is 0 Å². The van der Waals surface area contributed by atoms with Crippen molar-refractivity contribution in [1.82, 2.24) is 0 Å². The molecule has 5 nitrogen and oxygen atoms in total. The third kappa shape index (κ3) is 3.96. The van der Waals surface area contributed by atoms with Crippen molar-refractivity contribution in [2.75, 3.05) is 18.1 Å². The zero-order valence-corrected chi connectivity index (χ0v) is 13.6. The number of hydrogen-bond donors (Lipinski definition) is 2. The molecule has 0 radical (unpaired) electrons. The van der Waals surface area contributed by atoms with Crippen LogP contribution >= 0.6 is 12.4 Å². The number of hydrogen-bond acceptors (Lipinski definition) is 4. The van der Waals surface area contributed by atoms with Crippen LogP contribution in [0.15, 0.2) is 29.2 Å². The van der Waals surface area contributed by atoms with Crippen molar-refractivity contribution in [2.24, 2.45) is 11.1 Å². The summed E-state index contributed by atoms with van der Waals surface area (Å²) in [5.41, 5.74) is 5.76. The quantitative estimate of drug-likeness (QED) is 0.882. The summed E-state index contributed by atoms with van der Waals surface area (Å²) in [5, 5.41) is 2.80. The number of sulfone groups is 1. The van der Waals surface area contributed by atoms with Gasteiger partial charge in [0.25, 0.3) is 0 Å². The molecule has 1 aliphatic rings. The van der Waals surface area contributed by atoms with Crippen LogP contribution < -0.4 is 11.1 Å². The normalized spacial score (nSPS) is 17.0. The zero-order valence-electron chi connectivity index (χ0n) is 12.0. The smallest absolute Gasteiger partial charge is 0.231 e. The van der Waals surface area contributed by atoms with Crippen molar-refractivity contribution in [3.63, 3.8) is 0 Å². The summed E-state index contributed by atoms with van der Waals surface area (Å²) in [5.74, 6) is -0.108. The third-order valence-electron chi connectivity index (χ3n) is 3.95. The van der Waals surface area contributed by atoms with Crippen LogP contribution in [0.2, 0.25) is 0 Å². The van der Waals surface area contributed by atoms with Crippen LogP contribution in [0.3, 0.4) is 0 Å². The molecule has 0 saturated heterocycles. The Balaban J connectivity index is 0.00000220. The van der Waals surface area contributed by atoms with Crippen molar-refractivity contribution in [3.05, 3.63) is 24.3 Å². The molecular formula is C14H21ClN2O3S. The van der Waals surface area contributed by atoms with E-state index in [9.17, 15) is 13.2 Å². The molecule has 1 aromatic rings. The fraction of sp³-hybridized carbons (Fsp3) is 0.500. The van der Waals surface area contributed by atoms with Gasteiger partial charge in [-0.05, 0) is 31.0 Å². The molecular weight excluding hydrogens is 312 g/mol. The fourth-order valence-electron chi connectivity index (χ4n) is 2.64. The second-order valence-electron chi connectivity index (χ2n) is 5.45. The number of nitrogens with two attached hydrogens (primary N) is 1. The topological polar surface area (TPSA) is 89.3 Å². The lowest BCUT2D eigenvalue weighted by Crippen LogP contribution is -2.40. The molecule has 0 atom stereocenters. The number of carbonyl (C=O) groups is 1. The second-order valence-corrected chi connectivity index (χ2v) is 7.46. The van der Waals surface area contributed by atoms with Crippen LogP contribution in [0.4, 0.5) is 5.69 Å². The summed E-state index contributed by atoms with van der Waals surface area (Å²) < 4.78 is 23.0. The number of amides is 1. The van der Waals surface area contributed by atoms with Gasteiger partial charge in [-0.15, -0.1) is 12.4 Å². The van der Waals surface area contributed by atoms with Gasteiger partial charge < -0.3 is 11.1 Å². The summed E-state index contributed by atoms with van der Waals surface area (Å²) in [6.07, 6.45) is 4.75. The molecule has 1 saturated carbocycles. The Hall–Kier alpha value is -1.11. The number of rotatable bonds is 4. The zero-order chi connectivity index (χ0) is 14.8. The van der Waals surface area contributed by atoms with E-state index in [1.54, 1.807) is 12.1 Å². The molecule has 1 aromatic carbocycles. The standard InChI is InChI=1S/C14H20N2O3S.ClH/c1-20(18,19)12-6-4-5-11(9-12)16-13(17)14(10-15)7-2-3-8-14;/h4-6,9H,2-3,7-8,10,15H2,1H3,(H,16,17);1H. The predicted molar refractivity (Wildman–Crippen MR) is 85.4 cm³/mol. The molecule has 7 heteroatoms. The lowest BCUT2D eigenvalue weighted by molar-refractivity contribution is -0.124. The van der Waals surface area contributed by atoms with E-state index in [1.807, 2.05) is 0 Å². The molecule has 1 fully saturated rings. The molecule has 118 valence electrons. The van der Waals surface area contributed by atoms with E-state index in [1.165, 1.54) is 12.1 Å². The second kappa shape index (κ2) is 6.77. The molecule has 0 aromatic heterocycles. The summed E-state index contributed by atoms with van der Waals surface area (Å²) in [4.78, 5) is 12.6. The van der Waals surface area contributed by atoms with Gasteiger partial charge in [0.1, 0.15) is 0 Å². The first kappa shape index (κ1) is 17.9. The highest BCUT2D eigenvalue weighted by molar-refractivity contribution is 7.90. The maximum Gasteiger partial charge on any atom is 0.231 e. The number of halogens is 1. The molecule has 0 bridgehead atoms. The SMILES string of the molecule is CS(=O)(=O)c1cccc(NC(=O)C2(CN)CCCC2)c1.Cl. The lowest BCUT2D eigenvalue weighted by atomic mass is 9.85. The van der Waals surface area contributed by atoms with E-state index in [0.717, 1.165) is 31.9 Å². The fourth-order valence-corrected chi connectivity index (χ4v) is 3.31. The van der Waals surface area contributed by atoms with Crippen LogP contribution in [0, 0.1) is 5.41 Å². The van der Waals surface area contributed by atoms with Gasteiger partial charge in [0, 0.05) is 18.5 Å². The van der Waals surface area contributed by atoms with Crippen molar-refractivity contribution in [2.45, 2.75) is 30.6 Å². The Bertz CT molecular complexity index is 610. The largest absolute Gasteiger partial charge is 0.329 e. The molecule has 0 heterocycles. The minimum Gasteiger partial charge on any atom is -0.329 e. The van der Waals surface area contributed by atoms with Crippen molar-refractivity contribution in [1.29, 1.82) is 0 Å². The molecule has 21 heavy (non-hydrogen) atoms.